The third-order valence-corrected chi connectivity index (χ3v) is 5.20. The molecular formula is C20H24N6O3. The number of hydrogen-bond acceptors (Lipinski definition) is 7. The minimum absolute atomic E-state index is 0.199. The maximum absolute atomic E-state index is 12.5. The Morgan fingerprint density at radius 1 is 1.28 bits per heavy atom. The molecule has 0 amide bonds. The Labute approximate surface area is 168 Å². The van der Waals surface area contributed by atoms with Gasteiger partial charge in [0, 0.05) is 50.9 Å². The summed E-state index contributed by atoms with van der Waals surface area (Å²) in [7, 11) is 6.91. The van der Waals surface area contributed by atoms with Gasteiger partial charge in [-0.3, -0.25) is 14.5 Å². The molecule has 1 saturated carbocycles. The molecule has 0 spiro atoms. The van der Waals surface area contributed by atoms with Crippen LogP contribution < -0.4 is 19.9 Å². The number of ether oxygens (including phenoxy) is 2. The summed E-state index contributed by atoms with van der Waals surface area (Å²) in [6.07, 6.45) is 6.31. The minimum atomic E-state index is -0.199. The quantitative estimate of drug-likeness (QED) is 0.602. The first-order valence-electron chi connectivity index (χ1n) is 9.39. The Kier molecular flexibility index (Phi) is 4.96. The van der Waals surface area contributed by atoms with Crippen LogP contribution in [0.25, 0.3) is 0 Å². The average molecular weight is 396 g/mol. The minimum Gasteiger partial charge on any atom is -0.495 e. The molecule has 152 valence electrons. The maximum atomic E-state index is 12.5. The van der Waals surface area contributed by atoms with Gasteiger partial charge in [0.1, 0.15) is 11.4 Å². The van der Waals surface area contributed by atoms with Crippen molar-refractivity contribution in [3.63, 3.8) is 0 Å². The molecule has 0 saturated heterocycles. The monoisotopic (exact) mass is 396 g/mol. The van der Waals surface area contributed by atoms with Crippen molar-refractivity contribution in [2.24, 2.45) is 20.0 Å². The summed E-state index contributed by atoms with van der Waals surface area (Å²) >= 11 is 0. The van der Waals surface area contributed by atoms with Gasteiger partial charge >= 0.3 is 0 Å². The van der Waals surface area contributed by atoms with E-state index >= 15 is 0 Å². The normalized spacial score (nSPS) is 17.8. The van der Waals surface area contributed by atoms with Crippen LogP contribution in [0.3, 0.4) is 0 Å². The first-order chi connectivity index (χ1) is 14.0. The van der Waals surface area contributed by atoms with E-state index < -0.39 is 0 Å². The summed E-state index contributed by atoms with van der Waals surface area (Å²) in [5, 5.41) is 8.40. The van der Waals surface area contributed by atoms with Crippen LogP contribution in [0.1, 0.15) is 18.0 Å². The van der Waals surface area contributed by atoms with Crippen LogP contribution in [-0.4, -0.2) is 45.3 Å². The highest BCUT2D eigenvalue weighted by Gasteiger charge is 2.40. The van der Waals surface area contributed by atoms with Crippen molar-refractivity contribution in [3.8, 4) is 11.6 Å². The molecule has 0 N–H and O–H groups in total. The molecular weight excluding hydrogens is 372 g/mol. The van der Waals surface area contributed by atoms with Crippen molar-refractivity contribution in [1.82, 2.24) is 24.5 Å². The van der Waals surface area contributed by atoms with Gasteiger partial charge in [0.2, 0.25) is 5.88 Å². The zero-order valence-electron chi connectivity index (χ0n) is 16.9. The van der Waals surface area contributed by atoms with Gasteiger partial charge in [0.05, 0.1) is 31.8 Å². The predicted octanol–water partition coefficient (Wildman–Crippen LogP) is 1.87. The van der Waals surface area contributed by atoms with Crippen LogP contribution in [0, 0.1) is 5.92 Å². The molecule has 0 aliphatic heterocycles. The van der Waals surface area contributed by atoms with Gasteiger partial charge in [-0.05, 0) is 18.6 Å². The van der Waals surface area contributed by atoms with Gasteiger partial charge in [-0.1, -0.05) is 0 Å². The smallest absolute Gasteiger partial charge is 0.290 e. The van der Waals surface area contributed by atoms with Gasteiger partial charge in [0.25, 0.3) is 5.56 Å². The summed E-state index contributed by atoms with van der Waals surface area (Å²) < 4.78 is 14.1. The summed E-state index contributed by atoms with van der Waals surface area (Å²) in [6.45, 7) is 0.527. The van der Waals surface area contributed by atoms with Crippen molar-refractivity contribution < 1.29 is 9.47 Å². The van der Waals surface area contributed by atoms with Gasteiger partial charge < -0.3 is 14.4 Å². The number of aryl methyl sites for hydroxylation is 2. The lowest BCUT2D eigenvalue weighted by atomic mass is 10.2. The molecule has 29 heavy (non-hydrogen) atoms. The Balaban J connectivity index is 1.44. The highest BCUT2D eigenvalue weighted by molar-refractivity contribution is 5.60. The fourth-order valence-corrected chi connectivity index (χ4v) is 3.32. The number of rotatable bonds is 7. The Morgan fingerprint density at radius 3 is 2.76 bits per heavy atom. The standard InChI is InChI=1S/C20H24N6O3/c1-24-11-14(9-22-24)25(2)18-8-19(23-26(3)20(18)27)29-12-13-7-16(13)17-6-5-15(28-4)10-21-17/h5-6,8-11,13,16H,7,12H2,1-4H3/t13-,16+/m1/s1. The van der Waals surface area contributed by atoms with Crippen LogP contribution in [0.4, 0.5) is 11.4 Å². The molecule has 1 aliphatic carbocycles. The molecule has 0 unspecified atom stereocenters. The lowest BCUT2D eigenvalue weighted by Crippen LogP contribution is -2.27. The Hall–Kier alpha value is -3.36. The molecule has 9 heteroatoms. The molecule has 0 aromatic carbocycles. The number of pyridine rings is 1. The van der Waals surface area contributed by atoms with Crippen molar-refractivity contribution in [2.75, 3.05) is 25.7 Å². The summed E-state index contributed by atoms with van der Waals surface area (Å²) in [6, 6.07) is 5.60. The molecule has 1 fully saturated rings. The van der Waals surface area contributed by atoms with E-state index in [9.17, 15) is 4.79 Å². The highest BCUT2D eigenvalue weighted by Crippen LogP contribution is 2.46. The number of nitrogens with zero attached hydrogens (tertiary/aromatic N) is 6. The third-order valence-electron chi connectivity index (χ3n) is 5.20. The van der Waals surface area contributed by atoms with E-state index in [0.29, 0.717) is 30.0 Å². The average Bonchev–Trinajstić information content (AvgIpc) is 3.38. The highest BCUT2D eigenvalue weighted by atomic mass is 16.5. The van der Waals surface area contributed by atoms with Gasteiger partial charge in [-0.15, -0.1) is 5.10 Å². The lowest BCUT2D eigenvalue weighted by Gasteiger charge is -2.17. The van der Waals surface area contributed by atoms with Gasteiger partial charge in [0.15, 0.2) is 0 Å². The SMILES string of the molecule is COc1ccc([C@H]2C[C@@H]2COc2cc(N(C)c3cnn(C)c3)c(=O)n(C)n2)nc1. The van der Waals surface area contributed by atoms with Crippen molar-refractivity contribution >= 4 is 11.4 Å². The second-order valence-electron chi connectivity index (χ2n) is 7.26. The third kappa shape index (κ3) is 3.94. The van der Waals surface area contributed by atoms with E-state index in [1.165, 1.54) is 4.68 Å². The molecule has 0 radical (unpaired) electrons. The van der Waals surface area contributed by atoms with E-state index in [1.54, 1.807) is 42.2 Å². The second-order valence-corrected chi connectivity index (χ2v) is 7.26. The number of methoxy groups -OCH3 is 1. The maximum Gasteiger partial charge on any atom is 0.290 e. The van der Waals surface area contributed by atoms with E-state index in [-0.39, 0.29) is 5.56 Å². The van der Waals surface area contributed by atoms with Crippen LogP contribution in [0.15, 0.2) is 41.6 Å². The Morgan fingerprint density at radius 2 is 2.10 bits per heavy atom. The fourth-order valence-electron chi connectivity index (χ4n) is 3.32. The zero-order valence-corrected chi connectivity index (χ0v) is 16.9. The van der Waals surface area contributed by atoms with Crippen molar-refractivity contribution in [2.45, 2.75) is 12.3 Å². The Bertz CT molecular complexity index is 1060. The first kappa shape index (κ1) is 19.0. The largest absolute Gasteiger partial charge is 0.495 e. The van der Waals surface area contributed by atoms with Gasteiger partial charge in [-0.25, -0.2) is 4.68 Å². The summed E-state index contributed by atoms with van der Waals surface area (Å²) in [4.78, 5) is 18.8. The molecule has 3 aromatic heterocycles. The number of anilines is 2. The topological polar surface area (TPSA) is 87.3 Å². The summed E-state index contributed by atoms with van der Waals surface area (Å²) in [5.74, 6) is 1.94. The molecule has 9 nitrogen and oxygen atoms in total. The van der Waals surface area contributed by atoms with E-state index in [4.69, 9.17) is 9.47 Å². The molecule has 1 aliphatic rings. The predicted molar refractivity (Wildman–Crippen MR) is 108 cm³/mol. The van der Waals surface area contributed by atoms with E-state index in [2.05, 4.69) is 15.2 Å². The number of hydrogen-bond donors (Lipinski definition) is 0. The summed E-state index contributed by atoms with van der Waals surface area (Å²) in [5.41, 5.74) is 2.14. The van der Waals surface area contributed by atoms with E-state index in [1.807, 2.05) is 32.4 Å². The van der Waals surface area contributed by atoms with Gasteiger partial charge in [-0.2, -0.15) is 5.10 Å². The molecule has 3 heterocycles. The van der Waals surface area contributed by atoms with Crippen LogP contribution in [0.5, 0.6) is 11.6 Å². The zero-order chi connectivity index (χ0) is 20.5. The molecule has 0 bridgehead atoms. The lowest BCUT2D eigenvalue weighted by molar-refractivity contribution is 0.278. The molecule has 2 atom stereocenters. The van der Waals surface area contributed by atoms with Crippen molar-refractivity contribution in [1.29, 1.82) is 0 Å². The van der Waals surface area contributed by atoms with E-state index in [0.717, 1.165) is 23.6 Å². The number of aromatic nitrogens is 5. The molecule has 4 rings (SSSR count). The first-order valence-corrected chi connectivity index (χ1v) is 9.39. The molecule has 3 aromatic rings. The van der Waals surface area contributed by atoms with Crippen molar-refractivity contribution in [3.05, 3.63) is 52.8 Å². The van der Waals surface area contributed by atoms with Crippen LogP contribution in [-0.2, 0) is 14.1 Å². The second kappa shape index (κ2) is 7.57. The van der Waals surface area contributed by atoms with Crippen LogP contribution in [0.2, 0.25) is 0 Å². The fraction of sp³-hybridized carbons (Fsp3) is 0.400. The van der Waals surface area contributed by atoms with Crippen LogP contribution >= 0.6 is 0 Å².